The highest BCUT2D eigenvalue weighted by Gasteiger charge is 2.11. The van der Waals surface area contributed by atoms with Crippen LogP contribution < -0.4 is 14.8 Å². The molecule has 2 N–H and O–H groups in total. The molecule has 0 amide bonds. The Morgan fingerprint density at radius 1 is 1.05 bits per heavy atom. The third-order valence-electron chi connectivity index (χ3n) is 2.95. The molecule has 0 radical (unpaired) electrons. The average molecular weight is 295 g/mol. The Kier molecular flexibility index (Phi) is 4.47. The standard InChI is InChI=1S/C15H15F2NO3/c1-20-13-5-9(6-14(21-2)15(13)19)8-18-12-7-10(16)3-4-11(12)17/h3-7,18-19H,8H2,1-2H3. The van der Waals surface area contributed by atoms with Crippen LogP contribution in [-0.4, -0.2) is 19.3 Å². The minimum absolute atomic E-state index is 0.0565. The molecule has 6 heteroatoms. The fourth-order valence-electron chi connectivity index (χ4n) is 1.88. The highest BCUT2D eigenvalue weighted by molar-refractivity contribution is 5.54. The Morgan fingerprint density at radius 3 is 2.24 bits per heavy atom. The number of phenolic OH excluding ortho intramolecular Hbond substituents is 1. The van der Waals surface area contributed by atoms with Gasteiger partial charge in [-0.05, 0) is 35.9 Å². The topological polar surface area (TPSA) is 50.7 Å². The fourth-order valence-corrected chi connectivity index (χ4v) is 1.88. The van der Waals surface area contributed by atoms with Crippen LogP contribution in [0.2, 0.25) is 0 Å². The van der Waals surface area contributed by atoms with Gasteiger partial charge in [0.25, 0.3) is 0 Å². The number of hydrogen-bond donors (Lipinski definition) is 2. The van der Waals surface area contributed by atoms with Crippen LogP contribution in [0.4, 0.5) is 14.5 Å². The molecule has 4 nitrogen and oxygen atoms in total. The van der Waals surface area contributed by atoms with Crippen LogP contribution >= 0.6 is 0 Å². The van der Waals surface area contributed by atoms with Gasteiger partial charge in [-0.15, -0.1) is 0 Å². The maximum Gasteiger partial charge on any atom is 0.200 e. The number of aromatic hydroxyl groups is 1. The van der Waals surface area contributed by atoms with Crippen LogP contribution in [0.5, 0.6) is 17.2 Å². The van der Waals surface area contributed by atoms with Crippen LogP contribution in [-0.2, 0) is 6.54 Å². The van der Waals surface area contributed by atoms with E-state index in [0.29, 0.717) is 5.56 Å². The van der Waals surface area contributed by atoms with Crippen LogP contribution in [0, 0.1) is 11.6 Å². The molecule has 0 saturated carbocycles. The molecule has 0 heterocycles. The molecule has 0 spiro atoms. The van der Waals surface area contributed by atoms with Gasteiger partial charge in [0.05, 0.1) is 19.9 Å². The van der Waals surface area contributed by atoms with Gasteiger partial charge in [0.1, 0.15) is 11.6 Å². The Morgan fingerprint density at radius 2 is 1.67 bits per heavy atom. The number of methoxy groups -OCH3 is 2. The number of phenols is 1. The molecule has 0 aromatic heterocycles. The van der Waals surface area contributed by atoms with Gasteiger partial charge in [-0.3, -0.25) is 0 Å². The summed E-state index contributed by atoms with van der Waals surface area (Å²) in [5.74, 6) is -0.703. The quantitative estimate of drug-likeness (QED) is 0.888. The van der Waals surface area contributed by atoms with Gasteiger partial charge in [0.2, 0.25) is 5.75 Å². The zero-order valence-corrected chi connectivity index (χ0v) is 11.6. The number of rotatable bonds is 5. The Bertz CT molecular complexity index is 622. The molecule has 0 atom stereocenters. The fraction of sp³-hybridized carbons (Fsp3) is 0.200. The highest BCUT2D eigenvalue weighted by Crippen LogP contribution is 2.37. The van der Waals surface area contributed by atoms with Gasteiger partial charge in [0, 0.05) is 6.54 Å². The molecule has 0 aliphatic carbocycles. The van der Waals surface area contributed by atoms with E-state index in [-0.39, 0.29) is 29.5 Å². The predicted octanol–water partition coefficient (Wildman–Crippen LogP) is 3.30. The van der Waals surface area contributed by atoms with Gasteiger partial charge in [-0.25, -0.2) is 8.78 Å². The first-order valence-corrected chi connectivity index (χ1v) is 6.18. The summed E-state index contributed by atoms with van der Waals surface area (Å²) in [7, 11) is 2.83. The second-order valence-electron chi connectivity index (χ2n) is 4.33. The molecule has 0 bridgehead atoms. The van der Waals surface area contributed by atoms with E-state index < -0.39 is 11.6 Å². The lowest BCUT2D eigenvalue weighted by atomic mass is 10.1. The number of hydrogen-bond acceptors (Lipinski definition) is 4. The summed E-state index contributed by atoms with van der Waals surface area (Å²) < 4.78 is 36.7. The second kappa shape index (κ2) is 6.30. The molecule has 0 unspecified atom stereocenters. The van der Waals surface area contributed by atoms with Crippen molar-refractivity contribution in [1.29, 1.82) is 0 Å². The molecule has 2 aromatic carbocycles. The lowest BCUT2D eigenvalue weighted by Crippen LogP contribution is -2.03. The van der Waals surface area contributed by atoms with E-state index in [1.54, 1.807) is 12.1 Å². The number of anilines is 1. The number of ether oxygens (including phenoxy) is 2. The van der Waals surface area contributed by atoms with Gasteiger partial charge in [-0.1, -0.05) is 0 Å². The van der Waals surface area contributed by atoms with E-state index in [1.807, 2.05) is 0 Å². The lowest BCUT2D eigenvalue weighted by Gasteiger charge is -2.12. The first kappa shape index (κ1) is 14.9. The summed E-state index contributed by atoms with van der Waals surface area (Å²) in [6.07, 6.45) is 0. The highest BCUT2D eigenvalue weighted by atomic mass is 19.1. The van der Waals surface area contributed by atoms with E-state index in [9.17, 15) is 13.9 Å². The molecule has 0 aliphatic heterocycles. The van der Waals surface area contributed by atoms with Crippen molar-refractivity contribution in [2.45, 2.75) is 6.54 Å². The normalized spacial score (nSPS) is 10.3. The van der Waals surface area contributed by atoms with Crippen molar-refractivity contribution in [2.24, 2.45) is 0 Å². The van der Waals surface area contributed by atoms with E-state index in [0.717, 1.165) is 18.2 Å². The zero-order valence-electron chi connectivity index (χ0n) is 11.6. The molecular formula is C15H15F2NO3. The number of benzene rings is 2. The van der Waals surface area contributed by atoms with Crippen LogP contribution in [0.15, 0.2) is 30.3 Å². The molecule has 2 rings (SSSR count). The predicted molar refractivity (Wildman–Crippen MR) is 74.9 cm³/mol. The van der Waals surface area contributed by atoms with Gasteiger partial charge >= 0.3 is 0 Å². The summed E-state index contributed by atoms with van der Waals surface area (Å²) in [5.41, 5.74) is 0.742. The van der Waals surface area contributed by atoms with Gasteiger partial charge in [-0.2, -0.15) is 0 Å². The maximum atomic E-state index is 13.5. The number of halogens is 2. The SMILES string of the molecule is COc1cc(CNc2cc(F)ccc2F)cc(OC)c1O. The Labute approximate surface area is 120 Å². The number of nitrogens with one attached hydrogen (secondary N) is 1. The first-order chi connectivity index (χ1) is 10.0. The molecule has 21 heavy (non-hydrogen) atoms. The van der Waals surface area contributed by atoms with Crippen LogP contribution in [0.1, 0.15) is 5.56 Å². The monoisotopic (exact) mass is 295 g/mol. The third-order valence-corrected chi connectivity index (χ3v) is 2.95. The third kappa shape index (κ3) is 3.34. The average Bonchev–Trinajstić information content (AvgIpc) is 2.49. The van der Waals surface area contributed by atoms with Crippen molar-refractivity contribution < 1.29 is 23.4 Å². The van der Waals surface area contributed by atoms with Crippen molar-refractivity contribution in [2.75, 3.05) is 19.5 Å². The van der Waals surface area contributed by atoms with Crippen LogP contribution in [0.25, 0.3) is 0 Å². The summed E-state index contributed by atoms with van der Waals surface area (Å²) >= 11 is 0. The Hall–Kier alpha value is -2.50. The maximum absolute atomic E-state index is 13.5. The van der Waals surface area contributed by atoms with Crippen LogP contribution in [0.3, 0.4) is 0 Å². The minimum Gasteiger partial charge on any atom is -0.502 e. The van der Waals surface area contributed by atoms with Gasteiger partial charge in [0.15, 0.2) is 11.5 Å². The molecule has 0 fully saturated rings. The molecular weight excluding hydrogens is 280 g/mol. The van der Waals surface area contributed by atoms with E-state index in [4.69, 9.17) is 9.47 Å². The smallest absolute Gasteiger partial charge is 0.200 e. The molecule has 2 aromatic rings. The van der Waals surface area contributed by atoms with Crippen molar-refractivity contribution in [3.05, 3.63) is 47.5 Å². The summed E-state index contributed by atoms with van der Waals surface area (Å²) in [6.45, 7) is 0.216. The van der Waals surface area contributed by atoms with Crippen molar-refractivity contribution in [3.63, 3.8) is 0 Å². The molecule has 0 saturated heterocycles. The second-order valence-corrected chi connectivity index (χ2v) is 4.33. The van der Waals surface area contributed by atoms with Gasteiger partial charge < -0.3 is 19.9 Å². The summed E-state index contributed by atoms with van der Waals surface area (Å²) in [5, 5.41) is 12.6. The Balaban J connectivity index is 2.22. The van der Waals surface area contributed by atoms with Crippen molar-refractivity contribution in [3.8, 4) is 17.2 Å². The van der Waals surface area contributed by atoms with E-state index in [2.05, 4.69) is 5.32 Å². The lowest BCUT2D eigenvalue weighted by molar-refractivity contribution is 0.339. The molecule has 0 aliphatic rings. The van der Waals surface area contributed by atoms with E-state index >= 15 is 0 Å². The van der Waals surface area contributed by atoms with Crippen molar-refractivity contribution >= 4 is 5.69 Å². The van der Waals surface area contributed by atoms with E-state index in [1.165, 1.54) is 14.2 Å². The largest absolute Gasteiger partial charge is 0.502 e. The first-order valence-electron chi connectivity index (χ1n) is 6.18. The zero-order chi connectivity index (χ0) is 15.4. The molecule has 112 valence electrons. The summed E-state index contributed by atoms with van der Waals surface area (Å²) in [6, 6.07) is 6.34. The minimum atomic E-state index is -0.547. The van der Waals surface area contributed by atoms with Crippen molar-refractivity contribution in [1.82, 2.24) is 0 Å². The summed E-state index contributed by atoms with van der Waals surface area (Å²) in [4.78, 5) is 0.